The lowest BCUT2D eigenvalue weighted by atomic mass is 10.2. The van der Waals surface area contributed by atoms with Crippen molar-refractivity contribution in [2.24, 2.45) is 0 Å². The zero-order valence-electron chi connectivity index (χ0n) is 12.6. The second-order valence-corrected chi connectivity index (χ2v) is 4.74. The summed E-state index contributed by atoms with van der Waals surface area (Å²) in [7, 11) is 2.95. The maximum atomic E-state index is 13.3. The number of aliphatic hydroxyl groups excluding tert-OH is 2. The maximum Gasteiger partial charge on any atom is 0.244 e. The summed E-state index contributed by atoms with van der Waals surface area (Å²) in [6.07, 6.45) is -2.10. The fourth-order valence-electron chi connectivity index (χ4n) is 2.01. The molecule has 0 fully saturated rings. The summed E-state index contributed by atoms with van der Waals surface area (Å²) in [5.41, 5.74) is 0.405. The molecule has 1 aliphatic rings. The Morgan fingerprint density at radius 2 is 2.13 bits per heavy atom. The Bertz CT molecular complexity index is 610. The number of anilines is 1. The number of aliphatic hydroxyl groups is 2. The van der Waals surface area contributed by atoms with Gasteiger partial charge in [0.05, 0.1) is 19.9 Å². The molecule has 0 saturated carbocycles. The molecule has 0 spiro atoms. The van der Waals surface area contributed by atoms with E-state index in [1.807, 2.05) is 0 Å². The molecule has 1 heterocycles. The number of amides is 1. The number of hydrogen-bond acceptors (Lipinski definition) is 7. The molecular formula is C14H18FN3O5. The van der Waals surface area contributed by atoms with Gasteiger partial charge in [-0.1, -0.05) is 0 Å². The summed E-state index contributed by atoms with van der Waals surface area (Å²) >= 11 is 0. The first-order chi connectivity index (χ1) is 10.9. The van der Waals surface area contributed by atoms with E-state index in [9.17, 15) is 19.4 Å². The summed E-state index contributed by atoms with van der Waals surface area (Å²) in [5.74, 6) is -0.443. The molecule has 126 valence electrons. The van der Waals surface area contributed by atoms with Gasteiger partial charge in [0.15, 0.2) is 18.4 Å². The van der Waals surface area contributed by atoms with Crippen molar-refractivity contribution in [3.8, 4) is 11.5 Å². The third-order valence-corrected chi connectivity index (χ3v) is 3.18. The molecule has 0 aromatic heterocycles. The quantitative estimate of drug-likeness (QED) is 0.601. The molecule has 2 rings (SSSR count). The van der Waals surface area contributed by atoms with E-state index in [4.69, 9.17) is 9.47 Å². The second kappa shape index (κ2) is 7.27. The molecule has 0 radical (unpaired) electrons. The minimum Gasteiger partial charge on any atom is -0.497 e. The summed E-state index contributed by atoms with van der Waals surface area (Å²) in [4.78, 5) is 13.1. The van der Waals surface area contributed by atoms with Gasteiger partial charge in [-0.05, 0) is 12.1 Å². The van der Waals surface area contributed by atoms with Crippen molar-refractivity contribution in [3.05, 3.63) is 30.2 Å². The first-order valence-electron chi connectivity index (χ1n) is 6.71. The van der Waals surface area contributed by atoms with Gasteiger partial charge < -0.3 is 29.9 Å². The molecule has 2 unspecified atom stereocenters. The summed E-state index contributed by atoms with van der Waals surface area (Å²) in [5, 5.41) is 23.6. The minimum absolute atomic E-state index is 0.330. The van der Waals surface area contributed by atoms with Gasteiger partial charge in [-0.15, -0.1) is 0 Å². The van der Waals surface area contributed by atoms with Crippen LogP contribution in [0.4, 0.5) is 10.1 Å². The Morgan fingerprint density at radius 1 is 1.39 bits per heavy atom. The Labute approximate surface area is 132 Å². The number of hydrogen-bond donors (Lipinski definition) is 4. The number of halogens is 1. The Hall–Kier alpha value is -2.36. The lowest BCUT2D eigenvalue weighted by Crippen LogP contribution is -2.53. The summed E-state index contributed by atoms with van der Waals surface area (Å²) < 4.78 is 23.5. The highest BCUT2D eigenvalue weighted by Crippen LogP contribution is 2.29. The maximum absolute atomic E-state index is 13.3. The fourth-order valence-corrected chi connectivity index (χ4v) is 2.01. The number of ether oxygens (including phenoxy) is 2. The second-order valence-electron chi connectivity index (χ2n) is 4.74. The van der Waals surface area contributed by atoms with Gasteiger partial charge in [-0.3, -0.25) is 4.79 Å². The van der Waals surface area contributed by atoms with E-state index >= 15 is 0 Å². The van der Waals surface area contributed by atoms with Crippen LogP contribution in [0.2, 0.25) is 0 Å². The highest BCUT2D eigenvalue weighted by atomic mass is 19.1. The van der Waals surface area contributed by atoms with Crippen molar-refractivity contribution in [2.45, 2.75) is 12.6 Å². The highest BCUT2D eigenvalue weighted by Gasteiger charge is 2.27. The highest BCUT2D eigenvalue weighted by molar-refractivity contribution is 5.93. The summed E-state index contributed by atoms with van der Waals surface area (Å²) in [6.45, 7) is -0.330. The van der Waals surface area contributed by atoms with Gasteiger partial charge in [-0.2, -0.15) is 0 Å². The van der Waals surface area contributed by atoms with E-state index in [2.05, 4.69) is 10.6 Å². The number of carbonyl (C=O) groups is 1. The number of rotatable bonds is 5. The van der Waals surface area contributed by atoms with Crippen molar-refractivity contribution in [2.75, 3.05) is 26.1 Å². The van der Waals surface area contributed by atoms with Crippen LogP contribution in [0.1, 0.15) is 0 Å². The van der Waals surface area contributed by atoms with Crippen molar-refractivity contribution in [1.29, 1.82) is 0 Å². The lowest BCUT2D eigenvalue weighted by Gasteiger charge is -2.32. The van der Waals surface area contributed by atoms with Crippen LogP contribution in [0, 0.1) is 0 Å². The predicted octanol–water partition coefficient (Wildman–Crippen LogP) is -0.0473. The SMILES string of the molecule is COc1ccc(NC(=O)CN2C=C(F)C(O)NC2O)c(OC)c1. The summed E-state index contributed by atoms with van der Waals surface area (Å²) in [6, 6.07) is 4.84. The van der Waals surface area contributed by atoms with E-state index < -0.39 is 24.3 Å². The predicted molar refractivity (Wildman–Crippen MR) is 79.2 cm³/mol. The van der Waals surface area contributed by atoms with Crippen LogP contribution in [0.3, 0.4) is 0 Å². The van der Waals surface area contributed by atoms with Crippen LogP contribution in [0.5, 0.6) is 11.5 Å². The normalized spacial score (nSPS) is 20.7. The molecule has 1 aromatic rings. The number of methoxy groups -OCH3 is 2. The van der Waals surface area contributed by atoms with Crippen molar-refractivity contribution in [3.63, 3.8) is 0 Å². The van der Waals surface area contributed by atoms with Crippen molar-refractivity contribution < 1.29 is 28.9 Å². The van der Waals surface area contributed by atoms with Gasteiger partial charge in [-0.25, -0.2) is 9.71 Å². The average molecular weight is 327 g/mol. The molecule has 0 saturated heterocycles. The molecular weight excluding hydrogens is 309 g/mol. The molecule has 23 heavy (non-hydrogen) atoms. The van der Waals surface area contributed by atoms with Crippen molar-refractivity contribution in [1.82, 2.24) is 10.2 Å². The number of benzene rings is 1. The molecule has 0 bridgehead atoms. The first kappa shape index (κ1) is 17.0. The topological polar surface area (TPSA) is 103 Å². The number of nitrogens with zero attached hydrogens (tertiary/aromatic N) is 1. The van der Waals surface area contributed by atoms with Crippen molar-refractivity contribution >= 4 is 11.6 Å². The lowest BCUT2D eigenvalue weighted by molar-refractivity contribution is -0.121. The Balaban J connectivity index is 2.05. The van der Waals surface area contributed by atoms with Crippen LogP contribution in [0.15, 0.2) is 30.2 Å². The monoisotopic (exact) mass is 327 g/mol. The standard InChI is InChI=1S/C14H18FN3O5/c1-22-8-3-4-10(11(5-8)23-2)16-12(19)7-18-6-9(15)13(20)17-14(18)21/h3-6,13-14,17,20-21H,7H2,1-2H3,(H,16,19). The van der Waals surface area contributed by atoms with Crippen LogP contribution in [-0.4, -0.2) is 54.4 Å². The molecule has 1 amide bonds. The Kier molecular flexibility index (Phi) is 5.37. The fraction of sp³-hybridized carbons (Fsp3) is 0.357. The average Bonchev–Trinajstić information content (AvgIpc) is 2.53. The van der Waals surface area contributed by atoms with Gasteiger partial charge in [0, 0.05) is 12.3 Å². The smallest absolute Gasteiger partial charge is 0.244 e. The molecule has 4 N–H and O–H groups in total. The molecule has 2 atom stereocenters. The van der Waals surface area contributed by atoms with E-state index in [1.165, 1.54) is 14.2 Å². The van der Waals surface area contributed by atoms with Crippen LogP contribution >= 0.6 is 0 Å². The molecule has 1 aliphatic heterocycles. The zero-order valence-corrected chi connectivity index (χ0v) is 12.6. The van der Waals surface area contributed by atoms with E-state index in [1.54, 1.807) is 18.2 Å². The van der Waals surface area contributed by atoms with E-state index in [0.717, 1.165) is 11.1 Å². The Morgan fingerprint density at radius 3 is 2.78 bits per heavy atom. The van der Waals surface area contributed by atoms with Crippen LogP contribution in [0.25, 0.3) is 0 Å². The van der Waals surface area contributed by atoms with Gasteiger partial charge >= 0.3 is 0 Å². The molecule has 8 nitrogen and oxygen atoms in total. The van der Waals surface area contributed by atoms with E-state index in [0.29, 0.717) is 17.2 Å². The third-order valence-electron chi connectivity index (χ3n) is 3.18. The van der Waals surface area contributed by atoms with Crippen LogP contribution in [-0.2, 0) is 4.79 Å². The molecule has 1 aromatic carbocycles. The largest absolute Gasteiger partial charge is 0.497 e. The van der Waals surface area contributed by atoms with E-state index in [-0.39, 0.29) is 6.54 Å². The first-order valence-corrected chi connectivity index (χ1v) is 6.71. The number of carbonyl (C=O) groups excluding carboxylic acids is 1. The van der Waals surface area contributed by atoms with Gasteiger partial charge in [0.2, 0.25) is 5.91 Å². The van der Waals surface area contributed by atoms with Crippen LogP contribution < -0.4 is 20.1 Å². The zero-order chi connectivity index (χ0) is 17.0. The van der Waals surface area contributed by atoms with Gasteiger partial charge in [0.1, 0.15) is 18.0 Å². The third kappa shape index (κ3) is 4.09. The minimum atomic E-state index is -1.59. The molecule has 9 heteroatoms. The van der Waals surface area contributed by atoms with Gasteiger partial charge in [0.25, 0.3) is 0 Å². The molecule has 0 aliphatic carbocycles. The number of nitrogens with one attached hydrogen (secondary N) is 2.